The van der Waals surface area contributed by atoms with Crippen molar-refractivity contribution in [2.24, 2.45) is 4.99 Å². The number of rotatable bonds is 3. The van der Waals surface area contributed by atoms with Crippen LogP contribution < -0.4 is 14.2 Å². The number of alkyl carbamates (subject to hydrolysis) is 1. The highest BCUT2D eigenvalue weighted by atomic mass is 32.2. The maximum Gasteiger partial charge on any atom is 0.413 e. The highest BCUT2D eigenvalue weighted by molar-refractivity contribution is 8.15. The third kappa shape index (κ3) is 5.17. The molecule has 0 bridgehead atoms. The maximum atomic E-state index is 12.3. The van der Waals surface area contributed by atoms with Crippen molar-refractivity contribution >= 4 is 44.7 Å². The quantitative estimate of drug-likeness (QED) is 0.569. The fourth-order valence-corrected chi connectivity index (χ4v) is 3.78. The average Bonchev–Trinajstić information content (AvgIpc) is 2.60. The molecule has 0 unspecified atom stereocenters. The number of carbonyl (C=O) groups is 1. The summed E-state index contributed by atoms with van der Waals surface area (Å²) in [6, 6.07) is 12.5. The predicted molar refractivity (Wildman–Crippen MR) is 108 cm³/mol. The molecule has 1 amide bonds. The van der Waals surface area contributed by atoms with Gasteiger partial charge in [-0.15, -0.1) is 0 Å². The zero-order valence-electron chi connectivity index (χ0n) is 15.4. The summed E-state index contributed by atoms with van der Waals surface area (Å²) in [4.78, 5) is 16.2. The number of nitrogens with one attached hydrogen (secondary N) is 2. The van der Waals surface area contributed by atoms with Gasteiger partial charge in [-0.1, -0.05) is 18.2 Å². The first kappa shape index (κ1) is 20.0. The molecule has 1 aliphatic rings. The second-order valence-corrected chi connectivity index (χ2v) is 9.12. The molecule has 3 rings (SSSR count). The lowest BCUT2D eigenvalue weighted by molar-refractivity contribution is 0.0564. The third-order valence-electron chi connectivity index (χ3n) is 3.29. The van der Waals surface area contributed by atoms with Crippen LogP contribution >= 0.6 is 11.9 Å². The number of hydrogen-bond donors (Lipinski definition) is 2. The van der Waals surface area contributed by atoms with E-state index in [4.69, 9.17) is 8.92 Å². The van der Waals surface area contributed by atoms with Gasteiger partial charge >= 0.3 is 16.2 Å². The van der Waals surface area contributed by atoms with E-state index in [0.717, 1.165) is 11.9 Å². The van der Waals surface area contributed by atoms with Crippen molar-refractivity contribution in [3.05, 3.63) is 48.5 Å². The van der Waals surface area contributed by atoms with Crippen LogP contribution in [0.15, 0.2) is 58.4 Å². The van der Waals surface area contributed by atoms with E-state index in [-0.39, 0.29) is 10.6 Å². The van der Waals surface area contributed by atoms with E-state index in [9.17, 15) is 13.2 Å². The van der Waals surface area contributed by atoms with Crippen molar-refractivity contribution in [3.8, 4) is 5.75 Å². The largest absolute Gasteiger partial charge is 0.444 e. The van der Waals surface area contributed by atoms with E-state index in [0.29, 0.717) is 16.5 Å². The van der Waals surface area contributed by atoms with Gasteiger partial charge in [0.05, 0.1) is 11.4 Å². The van der Waals surface area contributed by atoms with Crippen LogP contribution in [0.1, 0.15) is 20.8 Å². The molecule has 1 aliphatic heterocycles. The molecular weight excluding hydrogens is 402 g/mol. The first-order chi connectivity index (χ1) is 13.1. The molecule has 8 nitrogen and oxygen atoms in total. The first-order valence-corrected chi connectivity index (χ1v) is 10.5. The summed E-state index contributed by atoms with van der Waals surface area (Å²) in [6.07, 6.45) is -0.613. The number of ether oxygens (including phenoxy) is 1. The van der Waals surface area contributed by atoms with Crippen LogP contribution in [-0.2, 0) is 14.9 Å². The number of benzene rings is 2. The molecule has 0 saturated carbocycles. The minimum absolute atomic E-state index is 0.0666. The number of hydrogen-bond acceptors (Lipinski definition) is 8. The summed E-state index contributed by atoms with van der Waals surface area (Å²) in [5.41, 5.74) is 0.459. The van der Waals surface area contributed by atoms with E-state index in [2.05, 4.69) is 15.0 Å². The highest BCUT2D eigenvalue weighted by Gasteiger charge is 2.21. The van der Waals surface area contributed by atoms with E-state index in [1.165, 1.54) is 24.3 Å². The topological polar surface area (TPSA) is 106 Å². The third-order valence-corrected chi connectivity index (χ3v) is 5.26. The van der Waals surface area contributed by atoms with Gasteiger partial charge < -0.3 is 13.6 Å². The van der Waals surface area contributed by atoms with Crippen LogP contribution in [0.3, 0.4) is 0 Å². The number of fused-ring (bicyclic) bond motifs is 1. The van der Waals surface area contributed by atoms with E-state index in [1.54, 1.807) is 45.0 Å². The maximum absolute atomic E-state index is 12.3. The molecular formula is C18H19N3O5S2. The fourth-order valence-electron chi connectivity index (χ4n) is 2.19. The summed E-state index contributed by atoms with van der Waals surface area (Å²) >= 11 is 1.07. The Morgan fingerprint density at radius 1 is 1.14 bits per heavy atom. The Kier molecular flexibility index (Phi) is 5.52. The van der Waals surface area contributed by atoms with Crippen molar-refractivity contribution < 1.29 is 22.1 Å². The summed E-state index contributed by atoms with van der Waals surface area (Å²) in [5, 5.41) is 2.87. The SMILES string of the molecule is CC(C)(C)OC(=O)NC1=Nc2ccc(OS(=O)(=O)c3ccccc3)cc2NS1. The molecule has 0 atom stereocenters. The van der Waals surface area contributed by atoms with Gasteiger partial charge in [0.15, 0.2) is 5.17 Å². The molecule has 2 N–H and O–H groups in total. The average molecular weight is 422 g/mol. The number of nitrogens with zero attached hydrogens (tertiary/aromatic N) is 1. The van der Waals surface area contributed by atoms with Crippen molar-refractivity contribution in [3.63, 3.8) is 0 Å². The van der Waals surface area contributed by atoms with Crippen molar-refractivity contribution in [1.29, 1.82) is 0 Å². The number of aliphatic imine (C=N–C) groups is 1. The molecule has 2 aromatic rings. The molecule has 0 fully saturated rings. The van der Waals surface area contributed by atoms with Crippen LogP contribution in [0.25, 0.3) is 0 Å². The van der Waals surface area contributed by atoms with E-state index >= 15 is 0 Å². The summed E-state index contributed by atoms with van der Waals surface area (Å²) in [5.74, 6) is 0.148. The highest BCUT2D eigenvalue weighted by Crippen LogP contribution is 2.36. The normalized spacial score (nSPS) is 13.6. The molecule has 0 radical (unpaired) electrons. The lowest BCUT2D eigenvalue weighted by atomic mass is 10.2. The van der Waals surface area contributed by atoms with Crippen LogP contribution in [0.2, 0.25) is 0 Å². The van der Waals surface area contributed by atoms with Gasteiger partial charge in [-0.05, 0) is 45.0 Å². The Balaban J connectivity index is 1.73. The number of amides is 1. The Hall–Kier alpha value is -2.72. The molecule has 10 heteroatoms. The second kappa shape index (κ2) is 7.72. The van der Waals surface area contributed by atoms with Gasteiger partial charge in [0, 0.05) is 18.0 Å². The van der Waals surface area contributed by atoms with Gasteiger partial charge in [-0.2, -0.15) is 8.42 Å². The zero-order chi connectivity index (χ0) is 20.4. The molecule has 28 heavy (non-hydrogen) atoms. The van der Waals surface area contributed by atoms with Crippen LogP contribution in [0, 0.1) is 0 Å². The second-order valence-electron chi connectivity index (χ2n) is 6.78. The molecule has 0 saturated heterocycles. The number of amidine groups is 1. The van der Waals surface area contributed by atoms with Crippen molar-refractivity contribution in [2.75, 3.05) is 4.72 Å². The molecule has 148 valence electrons. The molecule has 1 heterocycles. The molecule has 0 aromatic heterocycles. The minimum atomic E-state index is -3.93. The Morgan fingerprint density at radius 2 is 1.86 bits per heavy atom. The minimum Gasteiger partial charge on any atom is -0.444 e. The first-order valence-electron chi connectivity index (χ1n) is 8.27. The van der Waals surface area contributed by atoms with Crippen molar-refractivity contribution in [1.82, 2.24) is 5.32 Å². The van der Waals surface area contributed by atoms with Gasteiger partial charge in [0.25, 0.3) is 0 Å². The van der Waals surface area contributed by atoms with Gasteiger partial charge in [-0.25, -0.2) is 9.79 Å². The standard InChI is InChI=1S/C18H19N3O5S2/c1-18(2,3)25-17(22)20-16-19-14-10-9-12(11-15(14)21-27-16)26-28(23,24)13-7-5-4-6-8-13/h4-11,21H,1-3H3,(H,19,20,22). The summed E-state index contributed by atoms with van der Waals surface area (Å²) < 4.78 is 38.0. The van der Waals surface area contributed by atoms with E-state index in [1.807, 2.05) is 0 Å². The van der Waals surface area contributed by atoms with Crippen LogP contribution in [0.5, 0.6) is 5.75 Å². The molecule has 0 spiro atoms. The fraction of sp³-hybridized carbons (Fsp3) is 0.222. The Morgan fingerprint density at radius 3 is 2.54 bits per heavy atom. The smallest absolute Gasteiger partial charge is 0.413 e. The van der Waals surface area contributed by atoms with Crippen LogP contribution in [-0.4, -0.2) is 25.3 Å². The predicted octanol–water partition coefficient (Wildman–Crippen LogP) is 4.04. The summed E-state index contributed by atoms with van der Waals surface area (Å²) in [6.45, 7) is 5.29. The van der Waals surface area contributed by atoms with Crippen molar-refractivity contribution in [2.45, 2.75) is 31.3 Å². The monoisotopic (exact) mass is 421 g/mol. The molecule has 2 aromatic carbocycles. The Bertz CT molecular complexity index is 1020. The number of anilines is 1. The number of carbonyl (C=O) groups excluding carboxylic acids is 1. The van der Waals surface area contributed by atoms with Gasteiger partial charge in [0.2, 0.25) is 0 Å². The van der Waals surface area contributed by atoms with Gasteiger partial charge in [-0.3, -0.25) is 5.32 Å². The zero-order valence-corrected chi connectivity index (χ0v) is 17.1. The Labute approximate surface area is 167 Å². The van der Waals surface area contributed by atoms with E-state index < -0.39 is 21.8 Å². The summed E-state index contributed by atoms with van der Waals surface area (Å²) in [7, 11) is -3.93. The lowest BCUT2D eigenvalue weighted by Crippen LogP contribution is -2.35. The lowest BCUT2D eigenvalue weighted by Gasteiger charge is -2.21. The molecule has 0 aliphatic carbocycles. The van der Waals surface area contributed by atoms with Gasteiger partial charge in [0.1, 0.15) is 16.2 Å². The van der Waals surface area contributed by atoms with Crippen LogP contribution in [0.4, 0.5) is 16.2 Å².